The highest BCUT2D eigenvalue weighted by Gasteiger charge is 2.48. The van der Waals surface area contributed by atoms with E-state index in [-0.39, 0.29) is 5.78 Å². The molecule has 0 saturated heterocycles. The summed E-state index contributed by atoms with van der Waals surface area (Å²) in [6.07, 6.45) is -54.8. The molecule has 27 heteroatoms. The van der Waals surface area contributed by atoms with Crippen molar-refractivity contribution in [2.75, 3.05) is 5.75 Å². The van der Waals surface area contributed by atoms with Crippen molar-refractivity contribution >= 4 is 87.8 Å². The van der Waals surface area contributed by atoms with E-state index in [1.165, 1.54) is 52.9 Å². The predicted octanol–water partition coefficient (Wildman–Crippen LogP) is 20.4. The molecule has 0 spiro atoms. The first-order chi connectivity index (χ1) is 44.0. The van der Waals surface area contributed by atoms with Crippen LogP contribution in [0, 0.1) is 0 Å². The number of benzene rings is 11. The number of hydrogen-bond donors (Lipinski definition) is 0. The van der Waals surface area contributed by atoms with Gasteiger partial charge in [-0.3, -0.25) is 4.79 Å². The van der Waals surface area contributed by atoms with Gasteiger partial charge in [-0.15, -0.1) is 0 Å². The van der Waals surface area contributed by atoms with E-state index in [2.05, 4.69) is 109 Å². The minimum atomic E-state index is -6.13. The lowest BCUT2D eigenvalue weighted by Crippen LogP contribution is -2.75. The lowest BCUT2D eigenvalue weighted by atomic mass is 9.12. The van der Waals surface area contributed by atoms with E-state index in [0.29, 0.717) is 5.75 Å². The molecule has 0 fully saturated rings. The summed E-state index contributed by atoms with van der Waals surface area (Å²) in [5, 5.41) is 9.79. The first kappa shape index (κ1) is 68.7. The first-order valence-electron chi connectivity index (χ1n) is 27.5. The summed E-state index contributed by atoms with van der Waals surface area (Å²) >= 11 is 0. The molecule has 11 rings (SSSR count). The Morgan fingerprint density at radius 2 is 0.484 bits per heavy atom. The Morgan fingerprint density at radius 3 is 0.737 bits per heavy atom. The van der Waals surface area contributed by atoms with E-state index in [9.17, 15) is 110 Å². The van der Waals surface area contributed by atoms with Gasteiger partial charge < -0.3 is 0 Å². The monoisotopic (exact) mass is 1370 g/mol. The average Bonchev–Trinajstić information content (AvgIpc) is 0.710. The zero-order chi connectivity index (χ0) is 69.4. The summed E-state index contributed by atoms with van der Waals surface area (Å²) in [6, 6.07) is 40.0. The maximum absolute atomic E-state index is 14.2. The minimum Gasteiger partial charge on any atom is -0.289 e. The van der Waals surface area contributed by atoms with Gasteiger partial charge in [-0.05, 0) is 68.7 Å². The molecule has 95 heavy (non-hydrogen) atoms. The van der Waals surface area contributed by atoms with E-state index in [0.717, 1.165) is 5.56 Å². The average molecular weight is 1370 g/mol. The third-order valence-corrected chi connectivity index (χ3v) is 18.1. The van der Waals surface area contributed by atoms with E-state index in [1.807, 2.05) is 30.3 Å². The number of rotatable bonds is 9. The lowest BCUT2D eigenvalue weighted by molar-refractivity contribution is -0.144. The van der Waals surface area contributed by atoms with Gasteiger partial charge >= 0.3 is 49.4 Å². The van der Waals surface area contributed by atoms with Gasteiger partial charge in [-0.2, -0.15) is 127 Å². The van der Waals surface area contributed by atoms with Gasteiger partial charge in [0, 0.05) is 28.5 Å². The van der Waals surface area contributed by atoms with E-state index >= 15 is 0 Å². The predicted molar refractivity (Wildman–Crippen MR) is 313 cm³/mol. The lowest BCUT2D eigenvalue weighted by Gasteiger charge is -2.46. The number of halogens is 24. The zero-order valence-corrected chi connectivity index (χ0v) is 48.2. The van der Waals surface area contributed by atoms with E-state index < -0.39 is 206 Å². The minimum absolute atomic E-state index is 0.170. The topological polar surface area (TPSA) is 17.1 Å². The zero-order valence-electron chi connectivity index (χ0n) is 47.4. The molecule has 0 aliphatic heterocycles. The molecule has 11 aromatic rings. The fourth-order valence-corrected chi connectivity index (χ4v) is 14.0. The number of Topliss-reactive ketones (excluding diaryl/α,β-unsaturated/α-hetero) is 1. The normalized spacial score (nSPS) is 13.2. The van der Waals surface area contributed by atoms with Gasteiger partial charge in [0.25, 0.3) is 0 Å². The highest BCUT2D eigenvalue weighted by atomic mass is 32.2. The van der Waals surface area contributed by atoms with Crippen LogP contribution in [0.5, 0.6) is 0 Å². The Kier molecular flexibility index (Phi) is 17.8. The summed E-state index contributed by atoms with van der Waals surface area (Å²) in [5.41, 5.74) is -29.4. The van der Waals surface area contributed by atoms with Gasteiger partial charge in [0.15, 0.2) is 15.5 Å². The van der Waals surface area contributed by atoms with Gasteiger partial charge in [0.05, 0.1) is 55.4 Å². The molecular formula is C68H37BF24OS. The van der Waals surface area contributed by atoms with E-state index in [4.69, 9.17) is 0 Å². The standard InChI is InChI=1S/C36H25OS.C32H12BF24/c37-34(25-12-2-1-3-13-25)24-38(35-22-26-14-4-6-16-28(26)30-18-8-10-20-32(30)35)36-23-27-15-5-7-17-29(27)31-19-9-11-21-33(31)36;34-25(35,36)13-1-14(26(37,38)39)6-21(5-13)33(22-7-15(27(40,41)42)2-16(8-22)28(43,44)45,23-9-17(29(46,47)48)3-18(10-23)30(49,50)51)24-11-19(31(52,53)54)4-20(12-24)32(55,56)57/h1-23H,24H2;1-12H/q+1;-1. The molecule has 0 atom stereocenters. The van der Waals surface area contributed by atoms with Gasteiger partial charge in [-0.25, -0.2) is 0 Å². The summed E-state index contributed by atoms with van der Waals surface area (Å²) < 4.78 is 341. The molecule has 1 nitrogen and oxygen atoms in total. The summed E-state index contributed by atoms with van der Waals surface area (Å²) in [6.45, 7) is 0. The fraction of sp³-hybridized carbons (Fsp3) is 0.132. The molecule has 0 aromatic heterocycles. The van der Waals surface area contributed by atoms with Crippen LogP contribution in [-0.2, 0) is 60.3 Å². The van der Waals surface area contributed by atoms with Crippen molar-refractivity contribution < 1.29 is 110 Å². The largest absolute Gasteiger partial charge is 0.416 e. The molecule has 0 saturated carbocycles. The third-order valence-electron chi connectivity index (χ3n) is 15.8. The Bertz CT molecular complexity index is 4170. The molecule has 0 heterocycles. The molecule has 0 radical (unpaired) electrons. The molecule has 0 unspecified atom stereocenters. The fourth-order valence-electron chi connectivity index (χ4n) is 11.6. The molecule has 0 amide bonds. The molecule has 0 bridgehead atoms. The highest BCUT2D eigenvalue weighted by molar-refractivity contribution is 7.98. The Hall–Kier alpha value is -9.14. The maximum atomic E-state index is 14.2. The molecule has 0 aliphatic rings. The van der Waals surface area contributed by atoms with Crippen molar-refractivity contribution in [2.45, 2.75) is 59.2 Å². The van der Waals surface area contributed by atoms with Gasteiger partial charge in [-0.1, -0.05) is 164 Å². The van der Waals surface area contributed by atoms with Crippen molar-refractivity contribution in [2.24, 2.45) is 0 Å². The molecular weight excluding hydrogens is 1330 g/mol. The second-order valence-corrected chi connectivity index (χ2v) is 23.8. The van der Waals surface area contributed by atoms with Gasteiger partial charge in [0.2, 0.25) is 5.78 Å². The molecule has 0 aliphatic carbocycles. The van der Waals surface area contributed by atoms with E-state index in [1.54, 1.807) is 0 Å². The van der Waals surface area contributed by atoms with Crippen LogP contribution in [0.4, 0.5) is 105 Å². The number of ketones is 1. The second-order valence-electron chi connectivity index (χ2n) is 21.8. The van der Waals surface area contributed by atoms with Crippen molar-refractivity contribution in [3.63, 3.8) is 0 Å². The number of carbonyl (C=O) groups is 1. The van der Waals surface area contributed by atoms with Crippen molar-refractivity contribution in [1.29, 1.82) is 0 Å². The Morgan fingerprint density at radius 1 is 0.263 bits per heavy atom. The number of alkyl halides is 24. The van der Waals surface area contributed by atoms with Gasteiger partial charge in [0.1, 0.15) is 6.15 Å². The summed E-state index contributed by atoms with van der Waals surface area (Å²) in [4.78, 5) is 16.3. The summed E-state index contributed by atoms with van der Waals surface area (Å²) in [7, 11) is -0.493. The van der Waals surface area contributed by atoms with Crippen LogP contribution in [0.15, 0.2) is 222 Å². The van der Waals surface area contributed by atoms with Crippen molar-refractivity contribution in [1.82, 2.24) is 0 Å². The Labute approximate surface area is 523 Å². The quantitative estimate of drug-likeness (QED) is 0.0463. The number of carbonyl (C=O) groups excluding carboxylic acids is 1. The number of fused-ring (bicyclic) bond motifs is 6. The van der Waals surface area contributed by atoms with Crippen molar-refractivity contribution in [3.8, 4) is 0 Å². The SMILES string of the molecule is FC(F)(F)c1cc([B-](c2cc(C(F)(F)F)cc(C(F)(F)F)c2)(c2cc(C(F)(F)F)cc(C(F)(F)F)c2)c2cc(C(F)(F)F)cc(C(F)(F)F)c2)cc(C(F)(F)F)c1.O=C(C[S+](c1cc2ccccc2c2ccccc12)c1cc2ccccc2c2ccccc12)c1ccccc1. The smallest absolute Gasteiger partial charge is 0.289 e. The van der Waals surface area contributed by atoms with Crippen LogP contribution in [0.2, 0.25) is 0 Å². The summed E-state index contributed by atoms with van der Waals surface area (Å²) in [5.74, 6) is 0.595. The van der Waals surface area contributed by atoms with Crippen LogP contribution >= 0.6 is 0 Å². The highest BCUT2D eigenvalue weighted by Crippen LogP contribution is 2.44. The second kappa shape index (κ2) is 24.6. The molecule has 492 valence electrons. The maximum Gasteiger partial charge on any atom is 0.416 e. The Balaban J connectivity index is 0.000000222. The van der Waals surface area contributed by atoms with Crippen LogP contribution in [-0.4, -0.2) is 17.7 Å². The van der Waals surface area contributed by atoms with Crippen molar-refractivity contribution in [3.05, 3.63) is 262 Å². The number of hydrogen-bond acceptors (Lipinski definition) is 1. The molecule has 11 aromatic carbocycles. The van der Waals surface area contributed by atoms with Crippen LogP contribution in [0.3, 0.4) is 0 Å². The van der Waals surface area contributed by atoms with Crippen LogP contribution < -0.4 is 21.9 Å². The van der Waals surface area contributed by atoms with Crippen LogP contribution in [0.25, 0.3) is 43.1 Å². The first-order valence-corrected chi connectivity index (χ1v) is 28.9. The molecule has 0 N–H and O–H groups in total. The third kappa shape index (κ3) is 14.2. The van der Waals surface area contributed by atoms with Crippen LogP contribution in [0.1, 0.15) is 54.9 Å².